The third-order valence-corrected chi connectivity index (χ3v) is 6.88. The zero-order valence-corrected chi connectivity index (χ0v) is 18.7. The number of halogens is 2. The number of benzene rings is 1. The van der Waals surface area contributed by atoms with Gasteiger partial charge < -0.3 is 19.7 Å². The average Bonchev–Trinajstić information content (AvgIpc) is 3.38. The van der Waals surface area contributed by atoms with Crippen molar-refractivity contribution < 1.29 is 28.2 Å². The summed E-state index contributed by atoms with van der Waals surface area (Å²) >= 11 is 3.41. The topological polar surface area (TPSA) is 110 Å². The molecule has 2 atom stereocenters. The van der Waals surface area contributed by atoms with Gasteiger partial charge in [0.05, 0.1) is 30.6 Å². The minimum atomic E-state index is -1.56. The molecule has 32 heavy (non-hydrogen) atoms. The lowest BCUT2D eigenvalue weighted by Gasteiger charge is -2.34. The lowest BCUT2D eigenvalue weighted by atomic mass is 9.89. The van der Waals surface area contributed by atoms with E-state index in [1.165, 1.54) is 18.1 Å². The van der Waals surface area contributed by atoms with Crippen molar-refractivity contribution in [3.05, 3.63) is 51.0 Å². The van der Waals surface area contributed by atoms with Crippen LogP contribution in [0.2, 0.25) is 0 Å². The van der Waals surface area contributed by atoms with Gasteiger partial charge in [-0.1, -0.05) is 6.07 Å². The number of ether oxygens (including phenoxy) is 2. The molecule has 0 saturated carbocycles. The summed E-state index contributed by atoms with van der Waals surface area (Å²) in [6, 6.07) is 4.14. The van der Waals surface area contributed by atoms with Crippen molar-refractivity contribution in [2.45, 2.75) is 31.5 Å². The molecule has 4 amide bonds. The first-order valence-electron chi connectivity index (χ1n) is 9.84. The fraction of sp³-hybridized carbons (Fsp3) is 0.333. The van der Waals surface area contributed by atoms with Crippen LogP contribution in [0.25, 0.3) is 0 Å². The van der Waals surface area contributed by atoms with Gasteiger partial charge in [0.2, 0.25) is 0 Å². The molecule has 1 saturated heterocycles. The maximum absolute atomic E-state index is 14.7. The van der Waals surface area contributed by atoms with Crippen molar-refractivity contribution in [3.8, 4) is 11.5 Å². The number of hydrogen-bond acceptors (Lipinski definition) is 6. The SMILES string of the molecule is COc1ccc2c(c1F)C(=O)N(C[C@@]1(C3Cc4nc(C)c(Br)cc4O3)NC(=O)NC1=O)C2. The molecule has 11 heteroatoms. The van der Waals surface area contributed by atoms with E-state index in [-0.39, 0.29) is 30.8 Å². The van der Waals surface area contributed by atoms with Crippen LogP contribution in [0.5, 0.6) is 11.5 Å². The Morgan fingerprint density at radius 1 is 1.38 bits per heavy atom. The number of aromatic nitrogens is 1. The third kappa shape index (κ3) is 2.94. The Balaban J connectivity index is 1.48. The molecule has 1 aromatic carbocycles. The summed E-state index contributed by atoms with van der Waals surface area (Å²) < 4.78 is 26.5. The van der Waals surface area contributed by atoms with Gasteiger partial charge in [-0.3, -0.25) is 19.9 Å². The van der Waals surface area contributed by atoms with Crippen LogP contribution < -0.4 is 20.1 Å². The number of nitrogens with one attached hydrogen (secondary N) is 2. The Morgan fingerprint density at radius 2 is 2.16 bits per heavy atom. The Bertz CT molecular complexity index is 1170. The van der Waals surface area contributed by atoms with Crippen molar-refractivity contribution in [2.75, 3.05) is 13.7 Å². The summed E-state index contributed by atoms with van der Waals surface area (Å²) in [5.41, 5.74) is 0.231. The van der Waals surface area contributed by atoms with E-state index in [1.54, 1.807) is 12.1 Å². The Labute approximate surface area is 190 Å². The van der Waals surface area contributed by atoms with E-state index in [0.717, 1.165) is 10.2 Å². The van der Waals surface area contributed by atoms with Crippen LogP contribution >= 0.6 is 15.9 Å². The van der Waals surface area contributed by atoms with E-state index < -0.39 is 35.3 Å². The normalized spacial score (nSPS) is 23.6. The van der Waals surface area contributed by atoms with Crippen molar-refractivity contribution in [1.29, 1.82) is 0 Å². The summed E-state index contributed by atoms with van der Waals surface area (Å²) in [6.45, 7) is 1.72. The van der Waals surface area contributed by atoms with Crippen molar-refractivity contribution in [3.63, 3.8) is 0 Å². The smallest absolute Gasteiger partial charge is 0.322 e. The number of pyridine rings is 1. The molecule has 1 unspecified atom stereocenters. The Morgan fingerprint density at radius 3 is 2.84 bits per heavy atom. The van der Waals surface area contributed by atoms with E-state index in [4.69, 9.17) is 9.47 Å². The van der Waals surface area contributed by atoms with Crippen LogP contribution in [0.4, 0.5) is 9.18 Å². The van der Waals surface area contributed by atoms with E-state index in [0.29, 0.717) is 17.0 Å². The van der Waals surface area contributed by atoms with Gasteiger partial charge in [-0.05, 0) is 40.5 Å². The lowest BCUT2D eigenvalue weighted by molar-refractivity contribution is -0.127. The minimum absolute atomic E-state index is 0.0397. The maximum Gasteiger partial charge on any atom is 0.322 e. The van der Waals surface area contributed by atoms with Gasteiger partial charge in [-0.25, -0.2) is 9.18 Å². The van der Waals surface area contributed by atoms with E-state index in [9.17, 15) is 18.8 Å². The average molecular weight is 505 g/mol. The highest BCUT2D eigenvalue weighted by atomic mass is 79.9. The highest BCUT2D eigenvalue weighted by molar-refractivity contribution is 9.10. The van der Waals surface area contributed by atoms with Crippen LogP contribution in [0.15, 0.2) is 22.7 Å². The van der Waals surface area contributed by atoms with Gasteiger partial charge in [0.25, 0.3) is 11.8 Å². The maximum atomic E-state index is 14.7. The van der Waals surface area contributed by atoms with Gasteiger partial charge in [0.1, 0.15) is 11.9 Å². The number of carbonyl (C=O) groups excluding carboxylic acids is 3. The highest BCUT2D eigenvalue weighted by Gasteiger charge is 2.57. The summed E-state index contributed by atoms with van der Waals surface area (Å²) in [7, 11) is 1.32. The molecule has 2 aromatic rings. The first-order valence-corrected chi connectivity index (χ1v) is 10.6. The first-order chi connectivity index (χ1) is 15.2. The molecule has 3 aliphatic heterocycles. The van der Waals surface area contributed by atoms with E-state index in [2.05, 4.69) is 31.5 Å². The van der Waals surface area contributed by atoms with Gasteiger partial charge >= 0.3 is 6.03 Å². The first kappa shape index (κ1) is 20.7. The fourth-order valence-corrected chi connectivity index (χ4v) is 4.73. The van der Waals surface area contributed by atoms with Crippen LogP contribution in [0, 0.1) is 12.7 Å². The number of aryl methyl sites for hydroxylation is 1. The summed E-state index contributed by atoms with van der Waals surface area (Å²) in [5.74, 6) is -1.50. The van der Waals surface area contributed by atoms with E-state index >= 15 is 0 Å². The van der Waals surface area contributed by atoms with E-state index in [1.807, 2.05) is 6.92 Å². The summed E-state index contributed by atoms with van der Waals surface area (Å²) in [6.07, 6.45) is -0.546. The molecule has 2 N–H and O–H groups in total. The Kier molecular flexibility index (Phi) is 4.63. The molecule has 1 fully saturated rings. The number of carbonyl (C=O) groups is 3. The fourth-order valence-electron chi connectivity index (χ4n) is 4.43. The van der Waals surface area contributed by atoms with Gasteiger partial charge in [-0.2, -0.15) is 0 Å². The zero-order chi connectivity index (χ0) is 22.8. The Hall–Kier alpha value is -3.21. The number of rotatable bonds is 4. The molecule has 0 aliphatic carbocycles. The van der Waals surface area contributed by atoms with Crippen LogP contribution in [-0.4, -0.2) is 53.0 Å². The molecule has 0 bridgehead atoms. The van der Waals surface area contributed by atoms with Crippen molar-refractivity contribution in [1.82, 2.24) is 20.5 Å². The highest BCUT2D eigenvalue weighted by Crippen LogP contribution is 2.38. The van der Waals surface area contributed by atoms with Gasteiger partial charge in [-0.15, -0.1) is 0 Å². The predicted octanol–water partition coefficient (Wildman–Crippen LogP) is 1.84. The third-order valence-electron chi connectivity index (χ3n) is 6.07. The molecular formula is C21H18BrFN4O5. The molecule has 9 nitrogen and oxygen atoms in total. The van der Waals surface area contributed by atoms with Crippen molar-refractivity contribution in [2.24, 2.45) is 0 Å². The lowest BCUT2D eigenvalue weighted by Crippen LogP contribution is -2.64. The molecule has 4 heterocycles. The zero-order valence-electron chi connectivity index (χ0n) is 17.1. The second-order valence-corrected chi connectivity index (χ2v) is 8.82. The molecule has 0 spiro atoms. The monoisotopic (exact) mass is 504 g/mol. The standard InChI is InChI=1S/C21H18BrFN4O5/c1-9-11(22)5-14-12(24-9)6-15(32-14)21(19(29)25-20(30)26-21)8-27-7-10-3-4-13(31-2)17(23)16(10)18(27)28/h3-5,15H,6-8H2,1-2H3,(H2,25,26,29,30)/t15?,21-/m0/s1. The van der Waals surface area contributed by atoms with Gasteiger partial charge in [0.15, 0.2) is 17.1 Å². The molecule has 5 rings (SSSR count). The molecule has 1 aromatic heterocycles. The summed E-state index contributed by atoms with van der Waals surface area (Å²) in [5, 5.41) is 4.90. The molecular weight excluding hydrogens is 487 g/mol. The second-order valence-electron chi connectivity index (χ2n) is 7.97. The van der Waals surface area contributed by atoms with Crippen LogP contribution in [0.3, 0.4) is 0 Å². The van der Waals surface area contributed by atoms with Gasteiger partial charge in [0, 0.05) is 17.4 Å². The van der Waals surface area contributed by atoms with Crippen LogP contribution in [0.1, 0.15) is 27.3 Å². The quantitative estimate of drug-likeness (QED) is 0.614. The minimum Gasteiger partial charge on any atom is -0.494 e. The number of fused-ring (bicyclic) bond motifs is 2. The second kappa shape index (κ2) is 7.16. The number of methoxy groups -OCH3 is 1. The molecule has 0 radical (unpaired) electrons. The number of hydrogen-bond donors (Lipinski definition) is 2. The summed E-state index contributed by atoms with van der Waals surface area (Å²) in [4.78, 5) is 44.0. The number of amides is 4. The predicted molar refractivity (Wildman–Crippen MR) is 112 cm³/mol. The largest absolute Gasteiger partial charge is 0.494 e. The van der Waals surface area contributed by atoms with Crippen LogP contribution in [-0.2, 0) is 17.8 Å². The molecule has 3 aliphatic rings. The number of urea groups is 1. The number of nitrogens with zero attached hydrogens (tertiary/aromatic N) is 2. The molecule has 166 valence electrons. The number of imide groups is 1. The van der Waals surface area contributed by atoms with Crippen molar-refractivity contribution >= 4 is 33.8 Å².